The summed E-state index contributed by atoms with van der Waals surface area (Å²) in [6.07, 6.45) is 6.72. The number of anilines is 2. The van der Waals surface area contributed by atoms with E-state index in [1.54, 1.807) is 12.3 Å². The average molecular weight is 512 g/mol. The summed E-state index contributed by atoms with van der Waals surface area (Å²) < 4.78 is 5.46. The van der Waals surface area contributed by atoms with Crippen LogP contribution in [0.1, 0.15) is 71.4 Å². The molecular weight excluding hydrogens is 478 g/mol. The number of nitrogens with zero attached hydrogens (tertiary/aromatic N) is 2. The van der Waals surface area contributed by atoms with Gasteiger partial charge in [-0.25, -0.2) is 9.97 Å². The van der Waals surface area contributed by atoms with Gasteiger partial charge in [0.05, 0.1) is 21.8 Å². The summed E-state index contributed by atoms with van der Waals surface area (Å²) >= 11 is 1.34. The number of carbonyl (C=O) groups excluding carboxylic acids is 3. The molecule has 3 amide bonds. The molecule has 0 bridgehead atoms. The largest absolute Gasteiger partial charge is 0.381 e. The highest BCUT2D eigenvalue weighted by atomic mass is 32.1. The van der Waals surface area contributed by atoms with E-state index in [1.165, 1.54) is 11.3 Å². The molecule has 0 aromatic carbocycles. The van der Waals surface area contributed by atoms with E-state index in [1.807, 2.05) is 13.8 Å². The van der Waals surface area contributed by atoms with Gasteiger partial charge < -0.3 is 20.7 Å². The van der Waals surface area contributed by atoms with Gasteiger partial charge in [-0.2, -0.15) is 0 Å². The lowest BCUT2D eigenvalue weighted by Crippen LogP contribution is -2.49. The van der Waals surface area contributed by atoms with Crippen molar-refractivity contribution in [2.75, 3.05) is 23.8 Å². The first-order valence-electron chi connectivity index (χ1n) is 12.7. The maximum atomic E-state index is 13.5. The highest BCUT2D eigenvalue weighted by Gasteiger charge is 2.48. The molecule has 1 aliphatic carbocycles. The molecule has 2 aliphatic heterocycles. The maximum Gasteiger partial charge on any atom is 0.263 e. The van der Waals surface area contributed by atoms with Crippen molar-refractivity contribution in [3.63, 3.8) is 0 Å². The zero-order valence-electron chi connectivity index (χ0n) is 21.0. The smallest absolute Gasteiger partial charge is 0.263 e. The number of rotatable bonds is 5. The van der Waals surface area contributed by atoms with Gasteiger partial charge in [0.15, 0.2) is 0 Å². The Morgan fingerprint density at radius 3 is 2.58 bits per heavy atom. The Kier molecular flexibility index (Phi) is 6.82. The molecular formula is C26H33N5O4S. The van der Waals surface area contributed by atoms with Gasteiger partial charge in [-0.1, -0.05) is 19.8 Å². The van der Waals surface area contributed by atoms with Gasteiger partial charge in [0.1, 0.15) is 16.7 Å². The van der Waals surface area contributed by atoms with Crippen molar-refractivity contribution in [2.24, 2.45) is 11.8 Å². The molecule has 1 atom stereocenters. The van der Waals surface area contributed by atoms with E-state index in [2.05, 4.69) is 32.8 Å². The molecule has 4 heterocycles. The number of hydrogen-bond donors (Lipinski definition) is 3. The highest BCUT2D eigenvalue weighted by Crippen LogP contribution is 2.44. The van der Waals surface area contributed by atoms with E-state index in [4.69, 9.17) is 4.74 Å². The summed E-state index contributed by atoms with van der Waals surface area (Å²) in [6, 6.07) is 1.03. The number of ether oxygens (including phenoxy) is 1. The molecule has 2 fully saturated rings. The second kappa shape index (κ2) is 9.89. The van der Waals surface area contributed by atoms with Gasteiger partial charge in [-0.05, 0) is 51.4 Å². The van der Waals surface area contributed by atoms with Gasteiger partial charge >= 0.3 is 0 Å². The van der Waals surface area contributed by atoms with Crippen LogP contribution in [0.4, 0.5) is 11.5 Å². The van der Waals surface area contributed by atoms with Crippen LogP contribution in [0.3, 0.4) is 0 Å². The van der Waals surface area contributed by atoms with Crippen LogP contribution in [0.5, 0.6) is 0 Å². The number of aryl methyl sites for hydroxylation is 2. The summed E-state index contributed by atoms with van der Waals surface area (Å²) in [5.41, 5.74) is 1.60. The van der Waals surface area contributed by atoms with Crippen molar-refractivity contribution in [3.05, 3.63) is 33.4 Å². The van der Waals surface area contributed by atoms with Crippen LogP contribution in [-0.4, -0.2) is 46.9 Å². The molecule has 2 aromatic heterocycles. The number of amides is 3. The van der Waals surface area contributed by atoms with Crippen LogP contribution >= 0.6 is 11.3 Å². The van der Waals surface area contributed by atoms with Crippen molar-refractivity contribution in [1.82, 2.24) is 15.3 Å². The van der Waals surface area contributed by atoms with Crippen LogP contribution in [0, 0.1) is 25.7 Å². The molecule has 9 nitrogen and oxygen atoms in total. The number of nitrogens with one attached hydrogen (secondary N) is 3. The molecule has 2 aromatic rings. The lowest BCUT2D eigenvalue weighted by atomic mass is 9.76. The van der Waals surface area contributed by atoms with E-state index in [-0.39, 0.29) is 23.6 Å². The first-order valence-corrected chi connectivity index (χ1v) is 13.5. The fourth-order valence-electron chi connectivity index (χ4n) is 5.76. The zero-order chi connectivity index (χ0) is 25.4. The third kappa shape index (κ3) is 4.64. The topological polar surface area (TPSA) is 122 Å². The number of fused-ring (bicyclic) bond motifs is 2. The van der Waals surface area contributed by atoms with E-state index >= 15 is 0 Å². The SMILES string of the molecule is Cc1nc(C)c(C(=O)N[C@H](C(=O)Nc2cc3c(cn2)C2(CCOCC2)C(=O)N3)C2CCC(C)CC2)s1. The van der Waals surface area contributed by atoms with Crippen molar-refractivity contribution in [3.8, 4) is 0 Å². The van der Waals surface area contributed by atoms with Crippen molar-refractivity contribution in [2.45, 2.75) is 70.8 Å². The van der Waals surface area contributed by atoms with Crippen molar-refractivity contribution in [1.29, 1.82) is 0 Å². The Morgan fingerprint density at radius 1 is 1.19 bits per heavy atom. The number of aromatic nitrogens is 2. The summed E-state index contributed by atoms with van der Waals surface area (Å²) in [7, 11) is 0. The molecule has 5 rings (SSSR count). The van der Waals surface area contributed by atoms with Crippen LogP contribution in [-0.2, 0) is 19.7 Å². The monoisotopic (exact) mass is 511 g/mol. The quantitative estimate of drug-likeness (QED) is 0.562. The van der Waals surface area contributed by atoms with E-state index in [9.17, 15) is 14.4 Å². The molecule has 36 heavy (non-hydrogen) atoms. The molecule has 3 aliphatic rings. The minimum absolute atomic E-state index is 0.0391. The van der Waals surface area contributed by atoms with Gasteiger partial charge in [-0.3, -0.25) is 14.4 Å². The maximum absolute atomic E-state index is 13.5. The Hall–Kier alpha value is -2.85. The van der Waals surface area contributed by atoms with Gasteiger partial charge in [0.2, 0.25) is 11.8 Å². The molecule has 0 unspecified atom stereocenters. The molecule has 1 saturated heterocycles. The number of hydrogen-bond acceptors (Lipinski definition) is 7. The van der Waals surface area contributed by atoms with E-state index in [0.717, 1.165) is 36.3 Å². The Morgan fingerprint density at radius 2 is 1.92 bits per heavy atom. The first kappa shape index (κ1) is 24.8. The van der Waals surface area contributed by atoms with Gasteiger partial charge in [0.25, 0.3) is 5.91 Å². The average Bonchev–Trinajstić information content (AvgIpc) is 3.33. The Balaban J connectivity index is 1.36. The second-order valence-electron chi connectivity index (χ2n) is 10.4. The minimum atomic E-state index is -0.682. The normalized spacial score (nSPS) is 23.6. The molecule has 10 heteroatoms. The molecule has 1 saturated carbocycles. The Labute approximate surface area is 214 Å². The van der Waals surface area contributed by atoms with Crippen LogP contribution in [0.25, 0.3) is 0 Å². The predicted octanol–water partition coefficient (Wildman–Crippen LogP) is 3.72. The number of carbonyl (C=O) groups is 3. The van der Waals surface area contributed by atoms with Gasteiger partial charge in [-0.15, -0.1) is 11.3 Å². The van der Waals surface area contributed by atoms with Crippen LogP contribution in [0.15, 0.2) is 12.3 Å². The van der Waals surface area contributed by atoms with Gasteiger partial charge in [0, 0.05) is 31.0 Å². The van der Waals surface area contributed by atoms with Crippen LogP contribution < -0.4 is 16.0 Å². The highest BCUT2D eigenvalue weighted by molar-refractivity contribution is 7.13. The van der Waals surface area contributed by atoms with Crippen LogP contribution in [0.2, 0.25) is 0 Å². The third-order valence-corrected chi connectivity index (χ3v) is 8.98. The second-order valence-corrected chi connectivity index (χ2v) is 11.6. The van der Waals surface area contributed by atoms with E-state index in [0.29, 0.717) is 54.0 Å². The number of pyridine rings is 1. The van der Waals surface area contributed by atoms with Crippen molar-refractivity contribution < 1.29 is 19.1 Å². The summed E-state index contributed by atoms with van der Waals surface area (Å²) in [5.74, 6) is 0.414. The molecule has 3 N–H and O–H groups in total. The fourth-order valence-corrected chi connectivity index (χ4v) is 6.58. The molecule has 1 spiro atoms. The lowest BCUT2D eigenvalue weighted by Gasteiger charge is -2.32. The first-order chi connectivity index (χ1) is 17.3. The lowest BCUT2D eigenvalue weighted by molar-refractivity contribution is -0.124. The number of thiazole rings is 1. The van der Waals surface area contributed by atoms with E-state index < -0.39 is 11.5 Å². The molecule has 192 valence electrons. The summed E-state index contributed by atoms with van der Waals surface area (Å²) in [6.45, 7) is 6.96. The van der Waals surface area contributed by atoms with Crippen molar-refractivity contribution >= 4 is 40.6 Å². The third-order valence-electron chi connectivity index (χ3n) is 7.91. The zero-order valence-corrected chi connectivity index (χ0v) is 21.8. The fraction of sp³-hybridized carbons (Fsp3) is 0.577. The Bertz CT molecular complexity index is 1180. The summed E-state index contributed by atoms with van der Waals surface area (Å²) in [4.78, 5) is 48.9. The summed E-state index contributed by atoms with van der Waals surface area (Å²) in [5, 5.41) is 9.70. The standard InChI is InChI=1S/C26H33N5O4S/c1-14-4-6-17(7-5-14)21(31-24(33)22-15(2)28-16(3)36-22)23(32)30-20-12-19-18(13-27-20)26(25(34)29-19)8-10-35-11-9-26/h12-14,17,21H,4-11H2,1-3H3,(H,29,34)(H,31,33)(H,27,30,32)/t14?,17?,21-/m0/s1. The minimum Gasteiger partial charge on any atom is -0.381 e. The predicted molar refractivity (Wildman–Crippen MR) is 137 cm³/mol. The molecule has 0 radical (unpaired) electrons.